The number of hydrogen-bond acceptors (Lipinski definition) is 12. The van der Waals surface area contributed by atoms with Gasteiger partial charge in [0.25, 0.3) is 15.6 Å². The van der Waals surface area contributed by atoms with E-state index < -0.39 is 10.0 Å². The van der Waals surface area contributed by atoms with E-state index in [0.29, 0.717) is 32.9 Å². The summed E-state index contributed by atoms with van der Waals surface area (Å²) in [7, 11) is -3.57. The van der Waals surface area contributed by atoms with Crippen LogP contribution in [0, 0.1) is 5.41 Å². The number of halogens is 1. The van der Waals surface area contributed by atoms with Crippen molar-refractivity contribution >= 4 is 61.4 Å². The Morgan fingerprint density at radius 3 is 2.56 bits per heavy atom. The number of hydrazine groups is 1. The summed E-state index contributed by atoms with van der Waals surface area (Å²) in [5, 5.41) is 29.5. The maximum Gasteiger partial charge on any atom is 0.286 e. The first-order chi connectivity index (χ1) is 19.6. The van der Waals surface area contributed by atoms with Gasteiger partial charge in [0.2, 0.25) is 0 Å². The highest BCUT2D eigenvalue weighted by molar-refractivity contribution is 7.90. The molecular formula is C25H30ClN11O3S. The van der Waals surface area contributed by atoms with Crippen LogP contribution in [0.4, 0.5) is 23.1 Å². The van der Waals surface area contributed by atoms with Gasteiger partial charge in [-0.05, 0) is 44.4 Å². The third kappa shape index (κ3) is 7.19. The summed E-state index contributed by atoms with van der Waals surface area (Å²) in [6.07, 6.45) is 5.23. The molecule has 16 heteroatoms. The number of sulfonamides is 1. The Balaban J connectivity index is 0.000000142. The van der Waals surface area contributed by atoms with E-state index in [1.807, 2.05) is 24.3 Å². The average Bonchev–Trinajstić information content (AvgIpc) is 2.96. The molecule has 4 heterocycles. The molecule has 0 radical (unpaired) electrons. The Kier molecular flexibility index (Phi) is 9.21. The minimum atomic E-state index is -3.57. The number of amidine groups is 1. The monoisotopic (exact) mass is 599 g/mol. The summed E-state index contributed by atoms with van der Waals surface area (Å²) in [5.41, 5.74) is 8.34. The van der Waals surface area contributed by atoms with E-state index in [1.165, 1.54) is 12.5 Å². The van der Waals surface area contributed by atoms with Crippen molar-refractivity contribution in [3.05, 3.63) is 65.4 Å². The van der Waals surface area contributed by atoms with E-state index in [2.05, 4.69) is 35.2 Å². The van der Waals surface area contributed by atoms with Crippen molar-refractivity contribution in [2.24, 2.45) is 10.2 Å². The SMILES string of the molecule is CC1=NS(=O)(=O)c2cc(Cl)ccc2N1.N=c1nc(N2CCCCC2)cc(N)n1O.NNc1nncc2ccccc12. The fraction of sp³-hybridized carbons (Fsp3) is 0.240. The van der Waals surface area contributed by atoms with E-state index in [-0.39, 0.29) is 16.3 Å². The predicted octanol–water partition coefficient (Wildman–Crippen LogP) is 2.96. The molecule has 1 saturated heterocycles. The first-order valence-electron chi connectivity index (χ1n) is 12.5. The molecule has 2 aliphatic rings. The van der Waals surface area contributed by atoms with Crippen LogP contribution in [0.15, 0.2) is 64.0 Å². The van der Waals surface area contributed by atoms with E-state index >= 15 is 0 Å². The fourth-order valence-electron chi connectivity index (χ4n) is 4.18. The normalized spacial score (nSPS) is 15.2. The molecule has 0 unspecified atom stereocenters. The third-order valence-electron chi connectivity index (χ3n) is 6.12. The van der Waals surface area contributed by atoms with Gasteiger partial charge in [-0.1, -0.05) is 35.9 Å². The highest BCUT2D eigenvalue weighted by Gasteiger charge is 2.23. The molecule has 0 bridgehead atoms. The maximum atomic E-state index is 11.5. The molecule has 0 saturated carbocycles. The summed E-state index contributed by atoms with van der Waals surface area (Å²) in [6, 6.07) is 14.0. The van der Waals surface area contributed by atoms with Crippen LogP contribution in [-0.2, 0) is 10.0 Å². The van der Waals surface area contributed by atoms with Gasteiger partial charge in [-0.3, -0.25) is 5.41 Å². The summed E-state index contributed by atoms with van der Waals surface area (Å²) in [5.74, 6) is 7.06. The lowest BCUT2D eigenvalue weighted by Gasteiger charge is -2.27. The summed E-state index contributed by atoms with van der Waals surface area (Å²) in [4.78, 5) is 6.20. The van der Waals surface area contributed by atoms with Crippen molar-refractivity contribution in [1.29, 1.82) is 5.41 Å². The van der Waals surface area contributed by atoms with Crippen LogP contribution in [0.5, 0.6) is 0 Å². The number of benzene rings is 2. The molecule has 2 aromatic carbocycles. The molecular weight excluding hydrogens is 570 g/mol. The molecule has 0 amide bonds. The van der Waals surface area contributed by atoms with Gasteiger partial charge in [-0.25, -0.2) is 5.84 Å². The van der Waals surface area contributed by atoms with Gasteiger partial charge in [0.1, 0.15) is 22.4 Å². The standard InChI is InChI=1S/C9H15N5O.C8H7ClN2O2S.C8H8N4/c10-7-6-8(12-9(11)14(7)15)13-4-2-1-3-5-13;1-5-10-7-3-2-6(9)4-8(7)14(12,13)11-5;9-11-8-7-4-2-1-3-6(7)5-10-12-8/h6,11,15H,1-5,10H2;2-4H,1H3,(H,10,11);1-5H,9H2,(H,11,12). The number of nitrogen functional groups attached to an aromatic ring is 2. The number of fused-ring (bicyclic) bond motifs is 2. The molecule has 6 rings (SSSR count). The summed E-state index contributed by atoms with van der Waals surface area (Å²) in [6.45, 7) is 3.48. The number of piperidine rings is 1. The van der Waals surface area contributed by atoms with E-state index in [4.69, 9.17) is 28.6 Å². The Labute approximate surface area is 241 Å². The zero-order valence-electron chi connectivity index (χ0n) is 22.1. The van der Waals surface area contributed by atoms with Crippen molar-refractivity contribution < 1.29 is 13.6 Å². The number of nitrogens with zero attached hydrogens (tertiary/aromatic N) is 6. The van der Waals surface area contributed by atoms with Crippen molar-refractivity contribution in [2.75, 3.05) is 34.5 Å². The van der Waals surface area contributed by atoms with Gasteiger partial charge in [0.15, 0.2) is 5.82 Å². The first kappa shape index (κ1) is 29.5. The Morgan fingerprint density at radius 2 is 1.85 bits per heavy atom. The van der Waals surface area contributed by atoms with E-state index in [1.54, 1.807) is 31.3 Å². The minimum Gasteiger partial charge on any atom is -0.423 e. The molecule has 8 N–H and O–H groups in total. The van der Waals surface area contributed by atoms with Crippen LogP contribution in [0.25, 0.3) is 10.8 Å². The zero-order valence-corrected chi connectivity index (χ0v) is 23.7. The van der Waals surface area contributed by atoms with Gasteiger partial charge in [-0.15, -0.1) is 14.2 Å². The highest BCUT2D eigenvalue weighted by atomic mass is 35.5. The van der Waals surface area contributed by atoms with Gasteiger partial charge in [-0.2, -0.15) is 18.5 Å². The molecule has 0 spiro atoms. The molecule has 2 aromatic heterocycles. The lowest BCUT2D eigenvalue weighted by atomic mass is 10.1. The number of hydrogen-bond donors (Lipinski definition) is 6. The first-order valence-corrected chi connectivity index (χ1v) is 14.3. The molecule has 1 fully saturated rings. The van der Waals surface area contributed by atoms with Crippen molar-refractivity contribution in [2.45, 2.75) is 31.1 Å². The summed E-state index contributed by atoms with van der Waals surface area (Å²) >= 11 is 5.70. The van der Waals surface area contributed by atoms with Gasteiger partial charge in [0, 0.05) is 35.0 Å². The summed E-state index contributed by atoms with van der Waals surface area (Å²) < 4.78 is 27.2. The second-order valence-electron chi connectivity index (χ2n) is 9.06. The van der Waals surface area contributed by atoms with Crippen LogP contribution in [0.2, 0.25) is 5.02 Å². The van der Waals surface area contributed by atoms with E-state index in [9.17, 15) is 13.6 Å². The Hall–Kier alpha value is -4.47. The zero-order chi connectivity index (χ0) is 29.6. The quantitative estimate of drug-likeness (QED) is 0.112. The predicted molar refractivity (Wildman–Crippen MR) is 158 cm³/mol. The number of nitrogens with one attached hydrogen (secondary N) is 3. The average molecular weight is 600 g/mol. The van der Waals surface area contributed by atoms with Crippen LogP contribution in [0.1, 0.15) is 26.2 Å². The molecule has 0 atom stereocenters. The van der Waals surface area contributed by atoms with Crippen LogP contribution < -0.4 is 32.8 Å². The van der Waals surface area contributed by atoms with E-state index in [0.717, 1.165) is 36.7 Å². The highest BCUT2D eigenvalue weighted by Crippen LogP contribution is 2.29. The molecule has 0 aliphatic carbocycles. The van der Waals surface area contributed by atoms with Crippen molar-refractivity contribution in [1.82, 2.24) is 19.9 Å². The minimum absolute atomic E-state index is 0.121. The fourth-order valence-corrected chi connectivity index (χ4v) is 5.60. The molecule has 4 aromatic rings. The molecule has 216 valence electrons. The smallest absolute Gasteiger partial charge is 0.286 e. The van der Waals surface area contributed by atoms with Gasteiger partial charge >= 0.3 is 0 Å². The van der Waals surface area contributed by atoms with Gasteiger partial charge < -0.3 is 26.6 Å². The lowest BCUT2D eigenvalue weighted by Crippen LogP contribution is -2.33. The van der Waals surface area contributed by atoms with Crippen LogP contribution in [-0.4, -0.2) is 52.5 Å². The number of anilines is 4. The van der Waals surface area contributed by atoms with Crippen LogP contribution in [0.3, 0.4) is 0 Å². The lowest BCUT2D eigenvalue weighted by molar-refractivity contribution is 0.171. The topological polar surface area (TPSA) is 214 Å². The largest absolute Gasteiger partial charge is 0.423 e. The van der Waals surface area contributed by atoms with Gasteiger partial charge in [0.05, 0.1) is 11.9 Å². The number of aromatic nitrogens is 4. The van der Waals surface area contributed by atoms with Crippen molar-refractivity contribution in [3.63, 3.8) is 0 Å². The van der Waals surface area contributed by atoms with Crippen molar-refractivity contribution in [3.8, 4) is 0 Å². The number of rotatable bonds is 2. The molecule has 14 nitrogen and oxygen atoms in total. The Bertz CT molecular complexity index is 1730. The second kappa shape index (κ2) is 12.8. The molecule has 41 heavy (non-hydrogen) atoms. The maximum absolute atomic E-state index is 11.5. The number of nitrogens with two attached hydrogens (primary N) is 2. The van der Waals surface area contributed by atoms with Crippen LogP contribution >= 0.6 is 11.6 Å². The third-order valence-corrected chi connectivity index (χ3v) is 7.77. The Morgan fingerprint density at radius 1 is 1.12 bits per heavy atom. The molecule has 2 aliphatic heterocycles. The second-order valence-corrected chi connectivity index (χ2v) is 11.1.